The molecule has 1 atom stereocenters. The first-order chi connectivity index (χ1) is 9.21. The fourth-order valence-electron chi connectivity index (χ4n) is 1.49. The van der Waals surface area contributed by atoms with Gasteiger partial charge in [-0.1, -0.05) is 0 Å². The molecule has 0 saturated heterocycles. The number of aromatic amines is 2. The number of hydrogen-bond donors (Lipinski definition) is 3. The topological polar surface area (TPSA) is 96.2 Å². The van der Waals surface area contributed by atoms with Crippen LogP contribution in [0.25, 0.3) is 0 Å². The summed E-state index contributed by atoms with van der Waals surface area (Å²) in [4.78, 5) is 29.0. The van der Waals surface area contributed by atoms with Gasteiger partial charge in [-0.15, -0.1) is 0 Å². The Labute approximate surface area is 122 Å². The number of esters is 1. The van der Waals surface area contributed by atoms with E-state index in [2.05, 4.69) is 20.0 Å². The molecule has 1 amide bonds. The largest absolute Gasteiger partial charge is 0.467 e. The number of nitrogens with one attached hydrogen (secondary N) is 3. The Bertz CT molecular complexity index is 529. The summed E-state index contributed by atoms with van der Waals surface area (Å²) in [5, 5.41) is 2.48. The van der Waals surface area contributed by atoms with Crippen molar-refractivity contribution < 1.29 is 19.1 Å². The van der Waals surface area contributed by atoms with Gasteiger partial charge in [-0.05, 0) is 33.0 Å². The molecule has 7 nitrogen and oxygen atoms in total. The summed E-state index contributed by atoms with van der Waals surface area (Å²) in [6, 6.07) is -0.851. The minimum atomic E-state index is -0.851. The van der Waals surface area contributed by atoms with Crippen LogP contribution < -0.4 is 5.32 Å². The van der Waals surface area contributed by atoms with Crippen LogP contribution in [0.1, 0.15) is 26.5 Å². The molecule has 1 aromatic heterocycles. The van der Waals surface area contributed by atoms with Gasteiger partial charge in [0, 0.05) is 18.3 Å². The van der Waals surface area contributed by atoms with Gasteiger partial charge in [-0.2, -0.15) is 0 Å². The molecule has 0 unspecified atom stereocenters. The van der Waals surface area contributed by atoms with E-state index in [-0.39, 0.29) is 6.42 Å². The zero-order chi connectivity index (χ0) is 15.3. The summed E-state index contributed by atoms with van der Waals surface area (Å²) in [6.07, 6.45) is 1.18. The van der Waals surface area contributed by atoms with E-state index in [1.807, 2.05) is 0 Å². The molecule has 1 rings (SSSR count). The lowest BCUT2D eigenvalue weighted by atomic mass is 10.1. The summed E-state index contributed by atoms with van der Waals surface area (Å²) >= 11 is 4.90. The first kappa shape index (κ1) is 16.2. The molecular formula is C12H19N3O4S. The second kappa shape index (κ2) is 6.56. The predicted molar refractivity (Wildman–Crippen MR) is 74.9 cm³/mol. The van der Waals surface area contributed by atoms with Crippen LogP contribution in [0.5, 0.6) is 0 Å². The number of amides is 1. The number of hydrogen-bond acceptors (Lipinski definition) is 5. The van der Waals surface area contributed by atoms with E-state index < -0.39 is 23.7 Å². The molecule has 8 heteroatoms. The summed E-state index contributed by atoms with van der Waals surface area (Å²) in [7, 11) is 1.26. The van der Waals surface area contributed by atoms with Crippen LogP contribution in [-0.2, 0) is 20.7 Å². The van der Waals surface area contributed by atoms with Gasteiger partial charge in [-0.25, -0.2) is 9.59 Å². The lowest BCUT2D eigenvalue weighted by Gasteiger charge is -2.22. The fraction of sp³-hybridized carbons (Fsp3) is 0.583. The van der Waals surface area contributed by atoms with Crippen LogP contribution in [-0.4, -0.2) is 40.8 Å². The van der Waals surface area contributed by atoms with Crippen LogP contribution in [0.4, 0.5) is 4.79 Å². The maximum Gasteiger partial charge on any atom is 0.408 e. The van der Waals surface area contributed by atoms with Crippen LogP contribution in [0.3, 0.4) is 0 Å². The van der Waals surface area contributed by atoms with E-state index in [4.69, 9.17) is 17.0 Å². The Kier molecular flexibility index (Phi) is 5.32. The zero-order valence-electron chi connectivity index (χ0n) is 11.9. The van der Waals surface area contributed by atoms with E-state index in [9.17, 15) is 9.59 Å². The van der Waals surface area contributed by atoms with Crippen LogP contribution in [0.15, 0.2) is 6.20 Å². The Morgan fingerprint density at radius 2 is 2.10 bits per heavy atom. The van der Waals surface area contributed by atoms with Crippen molar-refractivity contribution in [2.24, 2.45) is 0 Å². The highest BCUT2D eigenvalue weighted by Crippen LogP contribution is 2.08. The Morgan fingerprint density at radius 1 is 1.45 bits per heavy atom. The average molecular weight is 301 g/mol. The number of ether oxygens (including phenoxy) is 2. The van der Waals surface area contributed by atoms with Crippen molar-refractivity contribution in [1.82, 2.24) is 15.3 Å². The molecule has 1 aromatic rings. The van der Waals surface area contributed by atoms with Crippen LogP contribution in [0, 0.1) is 4.77 Å². The second-order valence-corrected chi connectivity index (χ2v) is 5.60. The van der Waals surface area contributed by atoms with Gasteiger partial charge in [-0.3, -0.25) is 0 Å². The predicted octanol–water partition coefficient (Wildman–Crippen LogP) is 1.68. The van der Waals surface area contributed by atoms with Gasteiger partial charge >= 0.3 is 12.1 Å². The summed E-state index contributed by atoms with van der Waals surface area (Å²) in [5.41, 5.74) is 0.0418. The fourth-order valence-corrected chi connectivity index (χ4v) is 1.68. The molecule has 112 valence electrons. The minimum absolute atomic E-state index is 0.221. The maximum atomic E-state index is 11.7. The van der Waals surface area contributed by atoms with Gasteiger partial charge in [0.05, 0.1) is 7.11 Å². The Balaban J connectivity index is 2.72. The number of carbonyl (C=O) groups excluding carboxylic acids is 2. The summed E-state index contributed by atoms with van der Waals surface area (Å²) in [6.45, 7) is 5.22. The molecule has 0 bridgehead atoms. The van der Waals surface area contributed by atoms with E-state index >= 15 is 0 Å². The van der Waals surface area contributed by atoms with Crippen molar-refractivity contribution in [2.45, 2.75) is 38.8 Å². The molecule has 20 heavy (non-hydrogen) atoms. The average Bonchev–Trinajstić information content (AvgIpc) is 2.70. The summed E-state index contributed by atoms with van der Waals surface area (Å²) < 4.78 is 10.2. The van der Waals surface area contributed by atoms with Crippen molar-refractivity contribution in [1.29, 1.82) is 0 Å². The number of aromatic nitrogens is 2. The molecule has 0 aliphatic carbocycles. The number of H-pyrrole nitrogens is 2. The van der Waals surface area contributed by atoms with Crippen LogP contribution >= 0.6 is 12.2 Å². The third-order valence-corrected chi connectivity index (χ3v) is 2.47. The van der Waals surface area contributed by atoms with E-state index in [1.54, 1.807) is 27.0 Å². The number of carbonyl (C=O) groups is 2. The van der Waals surface area contributed by atoms with Crippen LogP contribution in [0.2, 0.25) is 0 Å². The van der Waals surface area contributed by atoms with Gasteiger partial charge < -0.3 is 24.8 Å². The van der Waals surface area contributed by atoms with E-state index in [0.717, 1.165) is 0 Å². The molecule has 0 aliphatic heterocycles. The Morgan fingerprint density at radius 3 is 2.55 bits per heavy atom. The lowest BCUT2D eigenvalue weighted by Crippen LogP contribution is -2.45. The Hall–Kier alpha value is -1.83. The zero-order valence-corrected chi connectivity index (χ0v) is 12.7. The van der Waals surface area contributed by atoms with E-state index in [0.29, 0.717) is 10.5 Å². The molecule has 1 heterocycles. The minimum Gasteiger partial charge on any atom is -0.467 e. The highest BCUT2D eigenvalue weighted by atomic mass is 32.1. The quantitative estimate of drug-likeness (QED) is 0.581. The molecule has 0 aliphatic rings. The standard InChI is InChI=1S/C12H19N3O4S/c1-12(2,3)19-11(17)15-8(9(16)18-4)5-7-6-13-10(20)14-7/h6,8H,5H2,1-4H3,(H,15,17)(H2,13,14,20)/t8-/m1/s1. The third kappa shape index (κ3) is 5.43. The molecule has 0 fully saturated rings. The van der Waals surface area contributed by atoms with E-state index in [1.165, 1.54) is 7.11 Å². The molecule has 3 N–H and O–H groups in total. The SMILES string of the molecule is COC(=O)[C@@H](Cc1c[nH]c(=S)[nH]1)NC(=O)OC(C)(C)C. The number of rotatable bonds is 4. The maximum absolute atomic E-state index is 11.7. The van der Waals surface area contributed by atoms with Crippen molar-refractivity contribution in [3.8, 4) is 0 Å². The third-order valence-electron chi connectivity index (χ3n) is 2.25. The van der Waals surface area contributed by atoms with Crippen molar-refractivity contribution in [3.05, 3.63) is 16.7 Å². The normalized spacial score (nSPS) is 12.6. The van der Waals surface area contributed by atoms with Gasteiger partial charge in [0.2, 0.25) is 0 Å². The first-order valence-electron chi connectivity index (χ1n) is 6.05. The van der Waals surface area contributed by atoms with Crippen molar-refractivity contribution >= 4 is 24.3 Å². The number of methoxy groups -OCH3 is 1. The summed E-state index contributed by atoms with van der Waals surface area (Å²) in [5.74, 6) is -0.559. The van der Waals surface area contributed by atoms with Crippen molar-refractivity contribution in [2.75, 3.05) is 7.11 Å². The number of alkyl carbamates (subject to hydrolysis) is 1. The lowest BCUT2D eigenvalue weighted by molar-refractivity contribution is -0.143. The van der Waals surface area contributed by atoms with Crippen molar-refractivity contribution in [3.63, 3.8) is 0 Å². The van der Waals surface area contributed by atoms with Gasteiger partial charge in [0.1, 0.15) is 11.6 Å². The van der Waals surface area contributed by atoms with Gasteiger partial charge in [0.15, 0.2) is 4.77 Å². The molecule has 0 saturated carbocycles. The smallest absolute Gasteiger partial charge is 0.408 e. The monoisotopic (exact) mass is 301 g/mol. The van der Waals surface area contributed by atoms with Gasteiger partial charge in [0.25, 0.3) is 0 Å². The molecule has 0 radical (unpaired) electrons. The molecule has 0 spiro atoms. The first-order valence-corrected chi connectivity index (χ1v) is 6.46. The highest BCUT2D eigenvalue weighted by molar-refractivity contribution is 7.71. The second-order valence-electron chi connectivity index (χ2n) is 5.19. The molecular weight excluding hydrogens is 282 g/mol. The molecule has 0 aromatic carbocycles. The number of imidazole rings is 1. The highest BCUT2D eigenvalue weighted by Gasteiger charge is 2.25.